The van der Waals surface area contributed by atoms with Gasteiger partial charge in [0.1, 0.15) is 5.82 Å². The lowest BCUT2D eigenvalue weighted by Gasteiger charge is -2.28. The van der Waals surface area contributed by atoms with Gasteiger partial charge in [-0.2, -0.15) is 0 Å². The largest absolute Gasteiger partial charge is 0.478 e. The highest BCUT2D eigenvalue weighted by Crippen LogP contribution is 2.24. The van der Waals surface area contributed by atoms with Crippen LogP contribution in [0, 0.1) is 5.41 Å². The second-order valence-electron chi connectivity index (χ2n) is 6.11. The average Bonchev–Trinajstić information content (AvgIpc) is 2.36. The summed E-state index contributed by atoms with van der Waals surface area (Å²) in [6.07, 6.45) is 0. The zero-order valence-electron chi connectivity index (χ0n) is 12.3. The Kier molecular flexibility index (Phi) is 3.66. The maximum Gasteiger partial charge on any atom is 0.336 e. The number of aromatic carboxylic acids is 1. The fraction of sp³-hybridized carbons (Fsp3) is 0.375. The van der Waals surface area contributed by atoms with E-state index in [1.165, 1.54) is 0 Å². The molecule has 0 fully saturated rings. The Labute approximate surface area is 118 Å². The summed E-state index contributed by atoms with van der Waals surface area (Å²) < 4.78 is 0. The van der Waals surface area contributed by atoms with Crippen molar-refractivity contribution in [3.63, 3.8) is 0 Å². The number of fused-ring (bicyclic) bond motifs is 1. The van der Waals surface area contributed by atoms with Crippen LogP contribution in [-0.4, -0.2) is 22.1 Å². The van der Waals surface area contributed by atoms with E-state index in [9.17, 15) is 4.79 Å². The van der Waals surface area contributed by atoms with E-state index in [0.29, 0.717) is 10.9 Å². The van der Waals surface area contributed by atoms with E-state index >= 15 is 0 Å². The summed E-state index contributed by atoms with van der Waals surface area (Å²) >= 11 is 0. The number of carboxylic acids is 1. The minimum absolute atomic E-state index is 0.125. The van der Waals surface area contributed by atoms with Crippen LogP contribution < -0.4 is 5.32 Å². The van der Waals surface area contributed by atoms with Gasteiger partial charge in [0.05, 0.1) is 11.1 Å². The number of carboxylic acid groups (broad SMARTS) is 1. The molecule has 1 atom stereocenters. The Morgan fingerprint density at radius 2 is 1.95 bits per heavy atom. The number of nitrogens with one attached hydrogen (secondary N) is 1. The third-order valence-electron chi connectivity index (χ3n) is 3.63. The first-order chi connectivity index (χ1) is 9.29. The van der Waals surface area contributed by atoms with Gasteiger partial charge in [0.2, 0.25) is 0 Å². The lowest BCUT2D eigenvalue weighted by molar-refractivity contribution is 0.0699. The number of hydrogen-bond donors (Lipinski definition) is 2. The third kappa shape index (κ3) is 2.90. The van der Waals surface area contributed by atoms with Crippen LogP contribution in [-0.2, 0) is 0 Å². The Bertz CT molecular complexity index is 644. The van der Waals surface area contributed by atoms with Crippen molar-refractivity contribution in [2.45, 2.75) is 33.7 Å². The molecule has 20 heavy (non-hydrogen) atoms. The van der Waals surface area contributed by atoms with E-state index in [1.54, 1.807) is 12.1 Å². The van der Waals surface area contributed by atoms with Crippen LogP contribution in [0.5, 0.6) is 0 Å². The number of anilines is 1. The number of aromatic nitrogens is 1. The van der Waals surface area contributed by atoms with Crippen LogP contribution in [0.3, 0.4) is 0 Å². The highest BCUT2D eigenvalue weighted by Gasteiger charge is 2.20. The smallest absolute Gasteiger partial charge is 0.336 e. The molecule has 2 rings (SSSR count). The number of nitrogens with zero attached hydrogens (tertiary/aromatic N) is 1. The molecular weight excluding hydrogens is 252 g/mol. The highest BCUT2D eigenvalue weighted by atomic mass is 16.4. The van der Waals surface area contributed by atoms with Gasteiger partial charge < -0.3 is 10.4 Å². The molecule has 0 spiro atoms. The number of hydrogen-bond acceptors (Lipinski definition) is 3. The third-order valence-corrected chi connectivity index (χ3v) is 3.63. The first-order valence-electron chi connectivity index (χ1n) is 6.68. The summed E-state index contributed by atoms with van der Waals surface area (Å²) in [5.41, 5.74) is 1.10. The average molecular weight is 272 g/mol. The lowest BCUT2D eigenvalue weighted by Crippen LogP contribution is -2.31. The van der Waals surface area contributed by atoms with Crippen molar-refractivity contribution >= 4 is 22.7 Å². The monoisotopic (exact) mass is 272 g/mol. The fourth-order valence-corrected chi connectivity index (χ4v) is 1.86. The van der Waals surface area contributed by atoms with Crippen molar-refractivity contribution in [2.24, 2.45) is 5.41 Å². The fourth-order valence-electron chi connectivity index (χ4n) is 1.86. The molecule has 2 N–H and O–H groups in total. The van der Waals surface area contributed by atoms with Crippen LogP contribution >= 0.6 is 0 Å². The molecule has 1 heterocycles. The summed E-state index contributed by atoms with van der Waals surface area (Å²) in [5.74, 6) is -0.163. The molecular formula is C16H20N2O2. The quantitative estimate of drug-likeness (QED) is 0.892. The minimum Gasteiger partial charge on any atom is -0.478 e. The summed E-state index contributed by atoms with van der Waals surface area (Å²) in [6, 6.07) is 9.04. The molecule has 0 aliphatic rings. The van der Waals surface area contributed by atoms with Gasteiger partial charge in [-0.05, 0) is 36.6 Å². The van der Waals surface area contributed by atoms with E-state index in [2.05, 4.69) is 38.0 Å². The van der Waals surface area contributed by atoms with Crippen LogP contribution in [0.2, 0.25) is 0 Å². The molecule has 1 aromatic carbocycles. The molecule has 0 amide bonds. The molecule has 1 aromatic heterocycles. The Morgan fingerprint density at radius 1 is 1.25 bits per heavy atom. The molecule has 0 saturated heterocycles. The second-order valence-corrected chi connectivity index (χ2v) is 6.11. The SMILES string of the molecule is CC(Nc1ccc2c(C(=O)O)cccc2n1)C(C)(C)C. The summed E-state index contributed by atoms with van der Waals surface area (Å²) in [7, 11) is 0. The van der Waals surface area contributed by atoms with Crippen LogP contribution in [0.4, 0.5) is 5.82 Å². The van der Waals surface area contributed by atoms with Gasteiger partial charge in [-0.15, -0.1) is 0 Å². The molecule has 4 heteroatoms. The standard InChI is InChI=1S/C16H20N2O2/c1-10(16(2,3)4)17-14-9-8-11-12(15(19)20)6-5-7-13(11)18-14/h5-10H,1-4H3,(H,17,18)(H,19,20). The summed E-state index contributed by atoms with van der Waals surface area (Å²) in [6.45, 7) is 8.59. The Hall–Kier alpha value is -2.10. The van der Waals surface area contributed by atoms with Gasteiger partial charge in [-0.3, -0.25) is 0 Å². The maximum atomic E-state index is 11.2. The molecule has 0 aliphatic heterocycles. The van der Waals surface area contributed by atoms with Gasteiger partial charge in [0, 0.05) is 11.4 Å². The van der Waals surface area contributed by atoms with Crippen molar-refractivity contribution in [1.82, 2.24) is 4.98 Å². The van der Waals surface area contributed by atoms with Crippen molar-refractivity contribution in [2.75, 3.05) is 5.32 Å². The van der Waals surface area contributed by atoms with E-state index < -0.39 is 5.97 Å². The van der Waals surface area contributed by atoms with Gasteiger partial charge in [0.15, 0.2) is 0 Å². The predicted octanol–water partition coefficient (Wildman–Crippen LogP) is 3.78. The molecule has 0 bridgehead atoms. The summed E-state index contributed by atoms with van der Waals surface area (Å²) in [4.78, 5) is 15.7. The first-order valence-corrected chi connectivity index (χ1v) is 6.68. The molecule has 2 aromatic rings. The van der Waals surface area contributed by atoms with Gasteiger partial charge in [-0.1, -0.05) is 26.8 Å². The van der Waals surface area contributed by atoms with E-state index in [4.69, 9.17) is 5.11 Å². The Balaban J connectivity index is 2.38. The highest BCUT2D eigenvalue weighted by molar-refractivity contribution is 6.02. The zero-order valence-corrected chi connectivity index (χ0v) is 12.3. The van der Waals surface area contributed by atoms with Crippen molar-refractivity contribution < 1.29 is 9.90 Å². The van der Waals surface area contributed by atoms with Crippen LogP contribution in [0.25, 0.3) is 10.9 Å². The van der Waals surface area contributed by atoms with E-state index in [0.717, 1.165) is 5.82 Å². The van der Waals surface area contributed by atoms with Gasteiger partial charge in [-0.25, -0.2) is 9.78 Å². The number of rotatable bonds is 3. The second kappa shape index (κ2) is 5.12. The molecule has 4 nitrogen and oxygen atoms in total. The molecule has 1 unspecified atom stereocenters. The summed E-state index contributed by atoms with van der Waals surface area (Å²) in [5, 5.41) is 13.2. The number of benzene rings is 1. The topological polar surface area (TPSA) is 62.2 Å². The van der Waals surface area contributed by atoms with Crippen molar-refractivity contribution in [3.05, 3.63) is 35.9 Å². The lowest BCUT2D eigenvalue weighted by atomic mass is 9.88. The van der Waals surface area contributed by atoms with Crippen molar-refractivity contribution in [1.29, 1.82) is 0 Å². The van der Waals surface area contributed by atoms with E-state index in [-0.39, 0.29) is 17.0 Å². The van der Waals surface area contributed by atoms with Crippen LogP contribution in [0.15, 0.2) is 30.3 Å². The van der Waals surface area contributed by atoms with Crippen LogP contribution in [0.1, 0.15) is 38.1 Å². The van der Waals surface area contributed by atoms with Crippen molar-refractivity contribution in [3.8, 4) is 0 Å². The molecule has 0 aliphatic carbocycles. The Morgan fingerprint density at radius 3 is 2.55 bits per heavy atom. The minimum atomic E-state index is -0.929. The zero-order chi connectivity index (χ0) is 14.9. The molecule has 106 valence electrons. The molecule has 0 saturated carbocycles. The molecule has 0 radical (unpaired) electrons. The number of carbonyl (C=O) groups is 1. The number of pyridine rings is 1. The maximum absolute atomic E-state index is 11.2. The predicted molar refractivity (Wildman–Crippen MR) is 81.2 cm³/mol. The first kappa shape index (κ1) is 14.3. The van der Waals surface area contributed by atoms with Gasteiger partial charge >= 0.3 is 5.97 Å². The van der Waals surface area contributed by atoms with E-state index in [1.807, 2.05) is 18.2 Å². The van der Waals surface area contributed by atoms with Gasteiger partial charge in [0.25, 0.3) is 0 Å². The normalized spacial score (nSPS) is 13.2.